The lowest BCUT2D eigenvalue weighted by atomic mass is 9.92. The number of carbonyl (C=O) groups excluding carboxylic acids is 2. The molecular weight excluding hydrogens is 841 g/mol. The number of allylic oxidation sites excluding steroid dienone is 1. The summed E-state index contributed by atoms with van der Waals surface area (Å²) in [5.74, 6) is -1.40. The lowest BCUT2D eigenvalue weighted by molar-refractivity contribution is -0.155. The summed E-state index contributed by atoms with van der Waals surface area (Å²) in [6.45, 7) is 2.72. The number of aliphatic hydroxyl groups is 2. The van der Waals surface area contributed by atoms with E-state index < -0.39 is 36.5 Å². The predicted octanol–water partition coefficient (Wildman–Crippen LogP) is 19.1. The molecule has 0 radical (unpaired) electrons. The fourth-order valence-corrected chi connectivity index (χ4v) is 10.4. The van der Waals surface area contributed by atoms with Crippen molar-refractivity contribution in [2.75, 3.05) is 26.4 Å². The lowest BCUT2D eigenvalue weighted by Gasteiger charge is -2.27. The molecular formula is C62H118O6. The summed E-state index contributed by atoms with van der Waals surface area (Å²) >= 11 is 0. The Balaban J connectivity index is 1.67. The highest BCUT2D eigenvalue weighted by molar-refractivity contribution is 5.80. The van der Waals surface area contributed by atoms with Crippen LogP contribution < -0.4 is 0 Å². The normalized spacial score (nSPS) is 15.2. The third-order valence-electron chi connectivity index (χ3n) is 15.4. The topological polar surface area (TPSA) is 93.1 Å². The third kappa shape index (κ3) is 43.4. The second-order valence-electron chi connectivity index (χ2n) is 22.2. The smallest absolute Gasteiger partial charge is 0.309 e. The molecule has 1 unspecified atom stereocenters. The standard InChI is InChI=1S/C62H118O6/c1-2-3-4-5-6-7-8-9-10-11-12-13-14-15-16-17-18-19-20-21-22-23-24-25-26-27-28-29-30-31-32-33-34-35-36-37-38-39-40-41-42-43-44-45-46-47-48-49-50-51-52-53-59-54-60(65)67-57-62(55-63,56-64)58-68-61(59)66/h2,59,63-64H,1,3-58H2. The fourth-order valence-electron chi connectivity index (χ4n) is 10.4. The molecule has 1 rings (SSSR count). The molecule has 1 atom stereocenters. The number of unbranched alkanes of at least 4 members (excludes halogenated alkanes) is 49. The van der Waals surface area contributed by atoms with Crippen LogP contribution in [0.2, 0.25) is 0 Å². The van der Waals surface area contributed by atoms with E-state index in [1.54, 1.807) is 0 Å². The Morgan fingerprint density at radius 2 is 0.588 bits per heavy atom. The van der Waals surface area contributed by atoms with Gasteiger partial charge in [0.1, 0.15) is 13.2 Å². The van der Waals surface area contributed by atoms with E-state index in [0.29, 0.717) is 6.42 Å². The van der Waals surface area contributed by atoms with E-state index in [-0.39, 0.29) is 19.6 Å². The van der Waals surface area contributed by atoms with E-state index in [1.165, 1.54) is 302 Å². The van der Waals surface area contributed by atoms with Gasteiger partial charge in [0.25, 0.3) is 0 Å². The molecule has 1 heterocycles. The number of rotatable bonds is 54. The molecule has 0 amide bonds. The van der Waals surface area contributed by atoms with Crippen LogP contribution in [-0.4, -0.2) is 48.6 Å². The highest BCUT2D eigenvalue weighted by atomic mass is 16.6. The van der Waals surface area contributed by atoms with Crippen LogP contribution in [0.3, 0.4) is 0 Å². The van der Waals surface area contributed by atoms with Gasteiger partial charge in [-0.25, -0.2) is 0 Å². The van der Waals surface area contributed by atoms with Crippen molar-refractivity contribution in [3.63, 3.8) is 0 Å². The highest BCUT2D eigenvalue weighted by Gasteiger charge is 2.36. The number of hydrogen-bond acceptors (Lipinski definition) is 6. The predicted molar refractivity (Wildman–Crippen MR) is 292 cm³/mol. The van der Waals surface area contributed by atoms with Gasteiger partial charge in [-0.2, -0.15) is 0 Å². The maximum atomic E-state index is 12.5. The zero-order valence-corrected chi connectivity index (χ0v) is 45.5. The molecule has 68 heavy (non-hydrogen) atoms. The average molecular weight is 960 g/mol. The molecule has 6 heteroatoms. The van der Waals surface area contributed by atoms with Gasteiger partial charge in [-0.05, 0) is 19.3 Å². The molecule has 402 valence electrons. The SMILES string of the molecule is C=CCCCCCCCCCCCCCCCCCCCCCCCCCCCCCCCCCCCCCCCCCCCCCCCCCCCC1CC(=O)OCC(CO)(CO)COC1=O. The summed E-state index contributed by atoms with van der Waals surface area (Å²) in [5, 5.41) is 19.2. The second kappa shape index (κ2) is 51.9. The second-order valence-corrected chi connectivity index (χ2v) is 22.2. The number of carbonyl (C=O) groups is 2. The number of cyclic esters (lactones) is 2. The van der Waals surface area contributed by atoms with Crippen LogP contribution in [0.1, 0.15) is 334 Å². The average Bonchev–Trinajstić information content (AvgIpc) is 3.40. The number of hydrogen-bond donors (Lipinski definition) is 2. The Kier molecular flexibility index (Phi) is 49.4. The molecule has 1 aliphatic rings. The number of ether oxygens (including phenoxy) is 2. The van der Waals surface area contributed by atoms with Crippen LogP contribution in [-0.2, 0) is 19.1 Å². The summed E-state index contributed by atoms with van der Waals surface area (Å²) in [5.41, 5.74) is -1.12. The minimum atomic E-state index is -1.12. The molecule has 0 aromatic rings. The monoisotopic (exact) mass is 959 g/mol. The zero-order chi connectivity index (χ0) is 49.0. The van der Waals surface area contributed by atoms with E-state index in [4.69, 9.17) is 9.47 Å². The van der Waals surface area contributed by atoms with Crippen molar-refractivity contribution in [2.24, 2.45) is 11.3 Å². The lowest BCUT2D eigenvalue weighted by Crippen LogP contribution is -2.40. The van der Waals surface area contributed by atoms with Crippen LogP contribution >= 0.6 is 0 Å². The molecule has 1 saturated heterocycles. The van der Waals surface area contributed by atoms with Gasteiger partial charge in [-0.1, -0.05) is 314 Å². The molecule has 1 fully saturated rings. The highest BCUT2D eigenvalue weighted by Crippen LogP contribution is 2.25. The molecule has 0 bridgehead atoms. The first kappa shape index (κ1) is 64.6. The summed E-state index contributed by atoms with van der Waals surface area (Å²) in [6, 6.07) is 0. The van der Waals surface area contributed by atoms with E-state index >= 15 is 0 Å². The van der Waals surface area contributed by atoms with E-state index in [0.717, 1.165) is 19.3 Å². The largest absolute Gasteiger partial charge is 0.465 e. The van der Waals surface area contributed by atoms with Crippen molar-refractivity contribution >= 4 is 11.9 Å². The summed E-state index contributed by atoms with van der Waals surface area (Å²) in [7, 11) is 0. The van der Waals surface area contributed by atoms with Crippen molar-refractivity contribution in [3.8, 4) is 0 Å². The Labute approximate surface area is 423 Å². The summed E-state index contributed by atoms with van der Waals surface area (Å²) < 4.78 is 10.6. The van der Waals surface area contributed by atoms with Crippen molar-refractivity contribution < 1.29 is 29.3 Å². The van der Waals surface area contributed by atoms with Gasteiger partial charge in [0.05, 0.1) is 31.0 Å². The number of aliphatic hydroxyl groups excluding tert-OH is 2. The van der Waals surface area contributed by atoms with Crippen molar-refractivity contribution in [3.05, 3.63) is 12.7 Å². The van der Waals surface area contributed by atoms with Crippen molar-refractivity contribution in [2.45, 2.75) is 334 Å². The molecule has 0 aromatic carbocycles. The summed E-state index contributed by atoms with van der Waals surface area (Å²) in [6.07, 6.45) is 73.2. The van der Waals surface area contributed by atoms with Gasteiger partial charge in [0.2, 0.25) is 0 Å². The molecule has 0 aromatic heterocycles. The third-order valence-corrected chi connectivity index (χ3v) is 15.4. The van der Waals surface area contributed by atoms with Gasteiger partial charge in [0.15, 0.2) is 0 Å². The Morgan fingerprint density at radius 3 is 0.824 bits per heavy atom. The Bertz CT molecular complexity index is 1060. The van der Waals surface area contributed by atoms with E-state index in [9.17, 15) is 19.8 Å². The van der Waals surface area contributed by atoms with Gasteiger partial charge >= 0.3 is 11.9 Å². The van der Waals surface area contributed by atoms with Crippen molar-refractivity contribution in [1.82, 2.24) is 0 Å². The molecule has 2 N–H and O–H groups in total. The van der Waals surface area contributed by atoms with E-state index in [1.807, 2.05) is 0 Å². The molecule has 1 aliphatic heterocycles. The fraction of sp³-hybridized carbons (Fsp3) is 0.935. The van der Waals surface area contributed by atoms with Crippen LogP contribution in [0.4, 0.5) is 0 Å². The first-order valence-corrected chi connectivity index (χ1v) is 30.7. The minimum absolute atomic E-state index is 0.00506. The molecule has 6 nitrogen and oxygen atoms in total. The van der Waals surface area contributed by atoms with E-state index in [2.05, 4.69) is 12.7 Å². The summed E-state index contributed by atoms with van der Waals surface area (Å²) in [4.78, 5) is 24.7. The molecule has 0 spiro atoms. The maximum Gasteiger partial charge on any atom is 0.309 e. The van der Waals surface area contributed by atoms with Gasteiger partial charge in [-0.3, -0.25) is 9.59 Å². The Hall–Kier alpha value is -1.40. The Morgan fingerprint density at radius 1 is 0.368 bits per heavy atom. The van der Waals surface area contributed by atoms with Crippen LogP contribution in [0.15, 0.2) is 12.7 Å². The van der Waals surface area contributed by atoms with Crippen molar-refractivity contribution in [1.29, 1.82) is 0 Å². The minimum Gasteiger partial charge on any atom is -0.465 e. The van der Waals surface area contributed by atoms with Gasteiger partial charge in [-0.15, -0.1) is 6.58 Å². The van der Waals surface area contributed by atoms with Crippen LogP contribution in [0.5, 0.6) is 0 Å². The molecule has 0 aliphatic carbocycles. The van der Waals surface area contributed by atoms with Gasteiger partial charge in [0, 0.05) is 0 Å². The molecule has 0 saturated carbocycles. The van der Waals surface area contributed by atoms with Crippen LogP contribution in [0, 0.1) is 11.3 Å². The quantitative estimate of drug-likeness (QED) is 0.0358. The first-order chi connectivity index (χ1) is 33.6. The van der Waals surface area contributed by atoms with Crippen LogP contribution in [0.25, 0.3) is 0 Å². The first-order valence-electron chi connectivity index (χ1n) is 30.7. The van der Waals surface area contributed by atoms with Gasteiger partial charge < -0.3 is 19.7 Å². The zero-order valence-electron chi connectivity index (χ0n) is 45.5. The maximum absolute atomic E-state index is 12.5. The number of esters is 2.